The van der Waals surface area contributed by atoms with E-state index in [9.17, 15) is 4.79 Å². The molecule has 0 bridgehead atoms. The molecule has 0 fully saturated rings. The van der Waals surface area contributed by atoms with E-state index in [2.05, 4.69) is 4.98 Å². The number of rotatable bonds is 7. The molecule has 130 valence electrons. The first kappa shape index (κ1) is 17.0. The summed E-state index contributed by atoms with van der Waals surface area (Å²) in [6.45, 7) is 1.67. The summed E-state index contributed by atoms with van der Waals surface area (Å²) in [5, 5.41) is 0. The van der Waals surface area contributed by atoms with E-state index in [0.29, 0.717) is 25.4 Å². The maximum absolute atomic E-state index is 12.6. The van der Waals surface area contributed by atoms with Crippen LogP contribution in [0.25, 0.3) is 6.08 Å². The van der Waals surface area contributed by atoms with Gasteiger partial charge in [0.2, 0.25) is 12.7 Å². The summed E-state index contributed by atoms with van der Waals surface area (Å²) in [6.07, 6.45) is 6.72. The van der Waals surface area contributed by atoms with Crippen LogP contribution in [0.2, 0.25) is 0 Å². The number of nitrogens with zero attached hydrogens (tertiary/aromatic N) is 2. The largest absolute Gasteiger partial charge is 0.454 e. The van der Waals surface area contributed by atoms with E-state index in [4.69, 9.17) is 14.2 Å². The lowest BCUT2D eigenvalue weighted by Crippen LogP contribution is -2.32. The third kappa shape index (κ3) is 4.58. The smallest absolute Gasteiger partial charge is 0.246 e. The van der Waals surface area contributed by atoms with Gasteiger partial charge >= 0.3 is 0 Å². The Balaban J connectivity index is 1.70. The van der Waals surface area contributed by atoms with E-state index in [1.165, 1.54) is 0 Å². The number of methoxy groups -OCH3 is 1. The average Bonchev–Trinajstić information content (AvgIpc) is 3.11. The minimum atomic E-state index is -0.0847. The fourth-order valence-electron chi connectivity index (χ4n) is 2.48. The summed E-state index contributed by atoms with van der Waals surface area (Å²) < 4.78 is 15.8. The van der Waals surface area contributed by atoms with Gasteiger partial charge in [-0.05, 0) is 35.4 Å². The summed E-state index contributed by atoms with van der Waals surface area (Å²) in [7, 11) is 1.62. The second kappa shape index (κ2) is 8.30. The van der Waals surface area contributed by atoms with Crippen molar-refractivity contribution in [1.29, 1.82) is 0 Å². The number of aromatic nitrogens is 1. The molecule has 0 saturated heterocycles. The SMILES string of the molecule is COCCN(Cc1ccc2c(c1)OCO2)C(=O)C=Cc1cccnc1. The Labute approximate surface area is 146 Å². The standard InChI is InChI=1S/C19H20N2O4/c1-23-10-9-21(19(22)7-5-15-3-2-8-20-12-15)13-16-4-6-17-18(11-16)25-14-24-17/h2-8,11-12H,9-10,13-14H2,1H3. The second-order valence-corrected chi connectivity index (χ2v) is 5.56. The summed E-state index contributed by atoms with van der Waals surface area (Å²) in [5.41, 5.74) is 1.86. The molecule has 0 radical (unpaired) electrons. The van der Waals surface area contributed by atoms with Crippen molar-refractivity contribution in [3.63, 3.8) is 0 Å². The van der Waals surface area contributed by atoms with Gasteiger partial charge in [-0.2, -0.15) is 0 Å². The highest BCUT2D eigenvalue weighted by Gasteiger charge is 2.16. The highest BCUT2D eigenvalue weighted by Crippen LogP contribution is 2.32. The summed E-state index contributed by atoms with van der Waals surface area (Å²) in [6, 6.07) is 9.43. The van der Waals surface area contributed by atoms with Gasteiger partial charge in [0.15, 0.2) is 11.5 Å². The molecule has 0 N–H and O–H groups in total. The number of carbonyl (C=O) groups is 1. The van der Waals surface area contributed by atoms with Crippen LogP contribution in [0.3, 0.4) is 0 Å². The van der Waals surface area contributed by atoms with Gasteiger partial charge in [-0.1, -0.05) is 12.1 Å². The van der Waals surface area contributed by atoms with Crippen molar-refractivity contribution in [3.8, 4) is 11.5 Å². The Morgan fingerprint density at radius 1 is 1.32 bits per heavy atom. The number of ether oxygens (including phenoxy) is 3. The van der Waals surface area contributed by atoms with Crippen molar-refractivity contribution in [3.05, 3.63) is 59.9 Å². The van der Waals surface area contributed by atoms with E-state index in [-0.39, 0.29) is 12.7 Å². The molecule has 1 aliphatic rings. The predicted molar refractivity (Wildman–Crippen MR) is 93.1 cm³/mol. The number of carbonyl (C=O) groups excluding carboxylic acids is 1. The number of pyridine rings is 1. The molecule has 3 rings (SSSR count). The van der Waals surface area contributed by atoms with Crippen molar-refractivity contribution in [2.45, 2.75) is 6.54 Å². The van der Waals surface area contributed by atoms with Crippen LogP contribution < -0.4 is 9.47 Å². The summed E-state index contributed by atoms with van der Waals surface area (Å²) in [5.74, 6) is 1.36. The molecule has 1 amide bonds. The van der Waals surface area contributed by atoms with Crippen molar-refractivity contribution >= 4 is 12.0 Å². The summed E-state index contributed by atoms with van der Waals surface area (Å²) in [4.78, 5) is 18.3. The van der Waals surface area contributed by atoms with Gasteiger partial charge in [-0.25, -0.2) is 0 Å². The Bertz CT molecular complexity index is 746. The molecule has 1 aliphatic heterocycles. The van der Waals surface area contributed by atoms with Gasteiger partial charge in [-0.15, -0.1) is 0 Å². The fraction of sp³-hybridized carbons (Fsp3) is 0.263. The van der Waals surface area contributed by atoms with Crippen LogP contribution in [0, 0.1) is 0 Å². The number of amides is 1. The normalized spacial score (nSPS) is 12.5. The molecular weight excluding hydrogens is 320 g/mol. The van der Waals surface area contributed by atoms with Crippen LogP contribution in [0.15, 0.2) is 48.8 Å². The van der Waals surface area contributed by atoms with E-state index >= 15 is 0 Å². The molecule has 1 aromatic heterocycles. The van der Waals surface area contributed by atoms with E-state index in [1.807, 2.05) is 30.3 Å². The second-order valence-electron chi connectivity index (χ2n) is 5.56. The van der Waals surface area contributed by atoms with Gasteiger partial charge in [-0.3, -0.25) is 9.78 Å². The van der Waals surface area contributed by atoms with Crippen LogP contribution in [-0.2, 0) is 16.1 Å². The summed E-state index contributed by atoms with van der Waals surface area (Å²) >= 11 is 0. The van der Waals surface area contributed by atoms with Crippen molar-refractivity contribution in [2.75, 3.05) is 27.1 Å². The van der Waals surface area contributed by atoms with Crippen LogP contribution in [0.4, 0.5) is 0 Å². The molecule has 0 spiro atoms. The maximum Gasteiger partial charge on any atom is 0.246 e. The van der Waals surface area contributed by atoms with Crippen molar-refractivity contribution in [2.24, 2.45) is 0 Å². The molecule has 1 aromatic carbocycles. The highest BCUT2D eigenvalue weighted by atomic mass is 16.7. The lowest BCUT2D eigenvalue weighted by atomic mass is 10.2. The van der Waals surface area contributed by atoms with Crippen LogP contribution in [0.1, 0.15) is 11.1 Å². The first-order valence-electron chi connectivity index (χ1n) is 8.01. The van der Waals surface area contributed by atoms with Crippen molar-refractivity contribution < 1.29 is 19.0 Å². The van der Waals surface area contributed by atoms with Gasteiger partial charge < -0.3 is 19.1 Å². The van der Waals surface area contributed by atoms with Gasteiger partial charge in [0, 0.05) is 38.7 Å². The molecule has 2 heterocycles. The van der Waals surface area contributed by atoms with Crippen LogP contribution in [-0.4, -0.2) is 42.8 Å². The average molecular weight is 340 g/mol. The minimum Gasteiger partial charge on any atom is -0.454 e. The zero-order valence-electron chi connectivity index (χ0n) is 14.1. The molecule has 0 atom stereocenters. The van der Waals surface area contributed by atoms with Gasteiger partial charge in [0.05, 0.1) is 6.61 Å². The first-order chi connectivity index (χ1) is 12.3. The molecule has 0 aliphatic carbocycles. The minimum absolute atomic E-state index is 0.0847. The van der Waals surface area contributed by atoms with E-state index < -0.39 is 0 Å². The number of hydrogen-bond acceptors (Lipinski definition) is 5. The van der Waals surface area contributed by atoms with Gasteiger partial charge in [0.25, 0.3) is 0 Å². The Morgan fingerprint density at radius 3 is 3.00 bits per heavy atom. The highest BCUT2D eigenvalue weighted by molar-refractivity contribution is 5.91. The van der Waals surface area contributed by atoms with Gasteiger partial charge in [0.1, 0.15) is 0 Å². The molecule has 6 heteroatoms. The molecule has 0 unspecified atom stereocenters. The quantitative estimate of drug-likeness (QED) is 0.725. The molecular formula is C19H20N2O4. The Kier molecular flexibility index (Phi) is 5.64. The molecule has 6 nitrogen and oxygen atoms in total. The van der Waals surface area contributed by atoms with Crippen LogP contribution in [0.5, 0.6) is 11.5 Å². The molecule has 2 aromatic rings. The van der Waals surface area contributed by atoms with E-state index in [0.717, 1.165) is 16.9 Å². The third-order valence-electron chi connectivity index (χ3n) is 3.79. The number of hydrogen-bond donors (Lipinski definition) is 0. The third-order valence-corrected chi connectivity index (χ3v) is 3.79. The fourth-order valence-corrected chi connectivity index (χ4v) is 2.48. The van der Waals surface area contributed by atoms with Crippen molar-refractivity contribution in [1.82, 2.24) is 9.88 Å². The zero-order valence-corrected chi connectivity index (χ0v) is 14.1. The Hall–Kier alpha value is -2.86. The van der Waals surface area contributed by atoms with Crippen LogP contribution >= 0.6 is 0 Å². The Morgan fingerprint density at radius 2 is 2.20 bits per heavy atom. The number of fused-ring (bicyclic) bond motifs is 1. The lowest BCUT2D eigenvalue weighted by Gasteiger charge is -2.21. The first-order valence-corrected chi connectivity index (χ1v) is 8.01. The molecule has 0 saturated carbocycles. The number of benzene rings is 1. The topological polar surface area (TPSA) is 60.9 Å². The van der Waals surface area contributed by atoms with E-state index in [1.54, 1.807) is 36.6 Å². The zero-order chi connectivity index (χ0) is 17.5. The maximum atomic E-state index is 12.6. The monoisotopic (exact) mass is 340 g/mol. The predicted octanol–water partition coefficient (Wildman–Crippen LogP) is 2.50. The molecule has 25 heavy (non-hydrogen) atoms. The lowest BCUT2D eigenvalue weighted by molar-refractivity contribution is -0.127.